The van der Waals surface area contributed by atoms with Gasteiger partial charge >= 0.3 is 0 Å². The van der Waals surface area contributed by atoms with E-state index in [1.165, 1.54) is 54.6 Å². The Morgan fingerprint density at radius 1 is 0.426 bits per heavy atom. The van der Waals surface area contributed by atoms with Gasteiger partial charge < -0.3 is 8.98 Å². The zero-order chi connectivity index (χ0) is 31.1. The molecule has 0 spiro atoms. The average Bonchev–Trinajstić information content (AvgIpc) is 3.66. The minimum atomic E-state index is 0.903. The molecular formula is C44H26BrNO. The van der Waals surface area contributed by atoms with Crippen molar-refractivity contribution in [2.45, 2.75) is 0 Å². The Balaban J connectivity index is 1.20. The van der Waals surface area contributed by atoms with E-state index in [1.54, 1.807) is 0 Å². The lowest BCUT2D eigenvalue weighted by Crippen LogP contribution is -1.96. The van der Waals surface area contributed by atoms with Gasteiger partial charge in [0.05, 0.1) is 16.7 Å². The molecule has 0 saturated heterocycles. The Bertz CT molecular complexity index is 2870. The van der Waals surface area contributed by atoms with Gasteiger partial charge in [0.2, 0.25) is 0 Å². The monoisotopic (exact) mass is 663 g/mol. The van der Waals surface area contributed by atoms with Gasteiger partial charge in [0, 0.05) is 31.4 Å². The summed E-state index contributed by atoms with van der Waals surface area (Å²) in [5, 5.41) is 9.79. The number of nitrogens with zero attached hydrogens (tertiary/aromatic N) is 1. The molecule has 0 atom stereocenters. The maximum Gasteiger partial charge on any atom is 0.136 e. The third kappa shape index (κ3) is 4.03. The second kappa shape index (κ2) is 10.2. The van der Waals surface area contributed by atoms with Gasteiger partial charge in [-0.1, -0.05) is 119 Å². The first-order valence-corrected chi connectivity index (χ1v) is 16.7. The van der Waals surface area contributed by atoms with E-state index in [2.05, 4.69) is 166 Å². The van der Waals surface area contributed by atoms with Crippen LogP contribution in [0.5, 0.6) is 0 Å². The summed E-state index contributed by atoms with van der Waals surface area (Å²) in [6.07, 6.45) is 0. The maximum atomic E-state index is 6.22. The Morgan fingerprint density at radius 3 is 2.00 bits per heavy atom. The summed E-state index contributed by atoms with van der Waals surface area (Å²) in [4.78, 5) is 0. The van der Waals surface area contributed by atoms with Gasteiger partial charge in [-0.05, 0) is 93.0 Å². The standard InChI is InChI=1S/C44H26BrNO/c45-31-23-29(22-30(24-31)33-16-9-19-43-44(33)37-15-6-8-18-42(37)47-43)27-20-21-40-38(25-27)36-14-5-7-17-39(36)46(40)41-26-28-10-1-2-11-32(28)34-12-3-4-13-35(34)41/h1-26H. The Morgan fingerprint density at radius 2 is 1.11 bits per heavy atom. The average molecular weight is 665 g/mol. The molecule has 3 heteroatoms. The highest BCUT2D eigenvalue weighted by atomic mass is 79.9. The molecule has 2 nitrogen and oxygen atoms in total. The fourth-order valence-corrected chi connectivity index (χ4v) is 8.05. The summed E-state index contributed by atoms with van der Waals surface area (Å²) < 4.78 is 9.71. The molecule has 0 amide bonds. The van der Waals surface area contributed by atoms with Crippen LogP contribution in [-0.4, -0.2) is 4.57 Å². The molecule has 0 fully saturated rings. The molecule has 10 aromatic rings. The third-order valence-corrected chi connectivity index (χ3v) is 10.1. The lowest BCUT2D eigenvalue weighted by atomic mass is 9.95. The van der Waals surface area contributed by atoms with Crippen molar-refractivity contribution in [3.8, 4) is 27.9 Å². The predicted molar refractivity (Wildman–Crippen MR) is 202 cm³/mol. The number of furan rings is 1. The fourth-order valence-electron chi connectivity index (χ4n) is 7.56. The van der Waals surface area contributed by atoms with Crippen LogP contribution < -0.4 is 0 Å². The first-order valence-electron chi connectivity index (χ1n) is 15.9. The first-order chi connectivity index (χ1) is 23.2. The van der Waals surface area contributed by atoms with Gasteiger partial charge in [0.1, 0.15) is 11.2 Å². The zero-order valence-corrected chi connectivity index (χ0v) is 26.8. The molecule has 2 heterocycles. The summed E-state index contributed by atoms with van der Waals surface area (Å²) in [7, 11) is 0. The molecule has 0 saturated carbocycles. The summed E-state index contributed by atoms with van der Waals surface area (Å²) in [5.74, 6) is 0. The van der Waals surface area contributed by atoms with E-state index in [0.717, 1.165) is 43.1 Å². The molecule has 47 heavy (non-hydrogen) atoms. The van der Waals surface area contributed by atoms with Crippen molar-refractivity contribution in [2.75, 3.05) is 0 Å². The topological polar surface area (TPSA) is 18.1 Å². The SMILES string of the molecule is Brc1cc(-c2ccc3c(c2)c2ccccc2n3-c2cc3ccccc3c3ccccc23)cc(-c2cccc3oc4ccccc4c23)c1. The molecule has 2 aromatic heterocycles. The van der Waals surface area contributed by atoms with Crippen molar-refractivity contribution < 1.29 is 4.42 Å². The van der Waals surface area contributed by atoms with Gasteiger partial charge in [0.15, 0.2) is 0 Å². The van der Waals surface area contributed by atoms with Crippen LogP contribution in [0.4, 0.5) is 0 Å². The quantitative estimate of drug-likeness (QED) is 0.172. The second-order valence-corrected chi connectivity index (χ2v) is 13.2. The number of hydrogen-bond acceptors (Lipinski definition) is 1. The van der Waals surface area contributed by atoms with Gasteiger partial charge in [-0.3, -0.25) is 0 Å². The molecular weight excluding hydrogens is 638 g/mol. The van der Waals surface area contributed by atoms with E-state index in [9.17, 15) is 0 Å². The van der Waals surface area contributed by atoms with Crippen LogP contribution in [0.25, 0.3) is 93.2 Å². The Labute approximate surface area is 279 Å². The van der Waals surface area contributed by atoms with Crippen LogP contribution >= 0.6 is 15.9 Å². The van der Waals surface area contributed by atoms with E-state index in [0.29, 0.717) is 0 Å². The molecule has 0 unspecified atom stereocenters. The largest absolute Gasteiger partial charge is 0.456 e. The number of rotatable bonds is 3. The smallest absolute Gasteiger partial charge is 0.136 e. The summed E-state index contributed by atoms with van der Waals surface area (Å²) >= 11 is 3.85. The van der Waals surface area contributed by atoms with Crippen LogP contribution in [0.15, 0.2) is 167 Å². The van der Waals surface area contributed by atoms with Crippen molar-refractivity contribution >= 4 is 81.2 Å². The highest BCUT2D eigenvalue weighted by Crippen LogP contribution is 2.42. The van der Waals surface area contributed by atoms with E-state index in [-0.39, 0.29) is 0 Å². The lowest BCUT2D eigenvalue weighted by molar-refractivity contribution is 0.669. The van der Waals surface area contributed by atoms with E-state index in [1.807, 2.05) is 12.1 Å². The fraction of sp³-hybridized carbons (Fsp3) is 0. The zero-order valence-electron chi connectivity index (χ0n) is 25.2. The summed E-state index contributed by atoms with van der Waals surface area (Å²) in [6.45, 7) is 0. The van der Waals surface area contributed by atoms with E-state index in [4.69, 9.17) is 4.42 Å². The van der Waals surface area contributed by atoms with Crippen LogP contribution in [-0.2, 0) is 0 Å². The van der Waals surface area contributed by atoms with E-state index < -0.39 is 0 Å². The Hall–Kier alpha value is -5.64. The van der Waals surface area contributed by atoms with Crippen molar-refractivity contribution in [3.63, 3.8) is 0 Å². The van der Waals surface area contributed by atoms with Gasteiger partial charge in [0.25, 0.3) is 0 Å². The van der Waals surface area contributed by atoms with Gasteiger partial charge in [-0.2, -0.15) is 0 Å². The highest BCUT2D eigenvalue weighted by Gasteiger charge is 2.18. The third-order valence-electron chi connectivity index (χ3n) is 9.60. The molecule has 0 aliphatic rings. The maximum absolute atomic E-state index is 6.22. The summed E-state index contributed by atoms with van der Waals surface area (Å²) in [6, 6.07) is 56.8. The van der Waals surface area contributed by atoms with Crippen LogP contribution in [0, 0.1) is 0 Å². The van der Waals surface area contributed by atoms with Gasteiger partial charge in [-0.15, -0.1) is 0 Å². The number of fused-ring (bicyclic) bond motifs is 9. The van der Waals surface area contributed by atoms with Crippen molar-refractivity contribution in [1.29, 1.82) is 0 Å². The number of benzene rings is 8. The van der Waals surface area contributed by atoms with Crippen molar-refractivity contribution in [1.82, 2.24) is 4.57 Å². The molecule has 10 rings (SSSR count). The molecule has 0 bridgehead atoms. The molecule has 0 aliphatic carbocycles. The Kier molecular flexibility index (Phi) is 5.76. The van der Waals surface area contributed by atoms with Crippen molar-refractivity contribution in [2.24, 2.45) is 0 Å². The highest BCUT2D eigenvalue weighted by molar-refractivity contribution is 9.10. The normalized spacial score (nSPS) is 11.9. The van der Waals surface area contributed by atoms with Crippen LogP contribution in [0.3, 0.4) is 0 Å². The first kappa shape index (κ1) is 26.6. The second-order valence-electron chi connectivity index (χ2n) is 12.3. The number of para-hydroxylation sites is 2. The van der Waals surface area contributed by atoms with Crippen molar-refractivity contribution in [3.05, 3.63) is 162 Å². The summed E-state index contributed by atoms with van der Waals surface area (Å²) in [5.41, 5.74) is 10.1. The predicted octanol–water partition coefficient (Wildman–Crippen LogP) is 13.1. The number of halogens is 1. The molecule has 0 N–H and O–H groups in total. The molecule has 8 aromatic carbocycles. The molecule has 0 aliphatic heterocycles. The van der Waals surface area contributed by atoms with E-state index >= 15 is 0 Å². The van der Waals surface area contributed by atoms with Crippen LogP contribution in [0.2, 0.25) is 0 Å². The molecule has 220 valence electrons. The van der Waals surface area contributed by atoms with Crippen LogP contribution in [0.1, 0.15) is 0 Å². The minimum absolute atomic E-state index is 0.903. The lowest BCUT2D eigenvalue weighted by Gasteiger charge is -2.14. The number of aromatic nitrogens is 1. The number of hydrogen-bond donors (Lipinski definition) is 0. The minimum Gasteiger partial charge on any atom is -0.456 e. The molecule has 0 radical (unpaired) electrons. The van der Waals surface area contributed by atoms with Gasteiger partial charge in [-0.25, -0.2) is 0 Å².